The zero-order valence-corrected chi connectivity index (χ0v) is 18.4. The van der Waals surface area contributed by atoms with Gasteiger partial charge < -0.3 is 10.4 Å². The van der Waals surface area contributed by atoms with Crippen LogP contribution in [-0.4, -0.2) is 31.3 Å². The second kappa shape index (κ2) is 8.68. The highest BCUT2D eigenvalue weighted by Gasteiger charge is 2.46. The summed E-state index contributed by atoms with van der Waals surface area (Å²) in [4.78, 5) is 12.4. The highest BCUT2D eigenvalue weighted by Crippen LogP contribution is 2.49. The Kier molecular flexibility index (Phi) is 6.26. The molecule has 4 rings (SSSR count). The zero-order valence-electron chi connectivity index (χ0n) is 16.8. The second-order valence-electron chi connectivity index (χ2n) is 8.44. The van der Waals surface area contributed by atoms with Crippen molar-refractivity contribution in [1.29, 1.82) is 0 Å². The average Bonchev–Trinajstić information content (AvgIpc) is 2.99. The summed E-state index contributed by atoms with van der Waals surface area (Å²) in [6.07, 6.45) is 2.60. The fourth-order valence-corrected chi connectivity index (χ4v) is 7.45. The van der Waals surface area contributed by atoms with Gasteiger partial charge in [0.15, 0.2) is 27.3 Å². The van der Waals surface area contributed by atoms with Gasteiger partial charge in [-0.1, -0.05) is 11.6 Å². The Morgan fingerprint density at radius 2 is 1.66 bits per heavy atom. The highest BCUT2D eigenvalue weighted by molar-refractivity contribution is 7.92. The number of nitrogens with one attached hydrogen (secondary N) is 1. The van der Waals surface area contributed by atoms with Crippen LogP contribution in [0.15, 0.2) is 35.2 Å². The van der Waals surface area contributed by atoms with E-state index < -0.39 is 38.4 Å². The number of carbonyl (C=O) groups excluding carboxylic acids is 1. The molecule has 0 aliphatic heterocycles. The Morgan fingerprint density at radius 3 is 2.22 bits per heavy atom. The van der Waals surface area contributed by atoms with Crippen molar-refractivity contribution in [2.75, 3.05) is 11.9 Å². The van der Waals surface area contributed by atoms with Gasteiger partial charge in [0.1, 0.15) is 0 Å². The van der Waals surface area contributed by atoms with Crippen molar-refractivity contribution in [3.05, 3.63) is 58.4 Å². The standard InChI is InChI=1S/C22H21ClF3NO4S/c23-17-4-3-13(22(29)27-14-8-18(24)21(26)19(25)9-14)7-20(17)32(30,31)15-5-11-1-2-12(6-15)16(11)10-28/h3-4,7-9,11-12,15-16,28H,1-2,5-6,10H2,(H,27,29)/t11-,12?,15+,16+/m0/s1. The fourth-order valence-electron chi connectivity index (χ4n) is 5.02. The van der Waals surface area contributed by atoms with E-state index in [0.717, 1.165) is 18.9 Å². The first-order valence-corrected chi connectivity index (χ1v) is 12.1. The predicted octanol–water partition coefficient (Wildman–Crippen LogP) is 4.58. The van der Waals surface area contributed by atoms with E-state index in [4.69, 9.17) is 11.6 Å². The normalized spacial score (nSPS) is 25.0. The number of amides is 1. The van der Waals surface area contributed by atoms with Crippen molar-refractivity contribution in [2.24, 2.45) is 17.8 Å². The molecule has 2 N–H and O–H groups in total. The Morgan fingerprint density at radius 1 is 1.06 bits per heavy atom. The van der Waals surface area contributed by atoms with Crippen LogP contribution in [0.4, 0.5) is 18.9 Å². The topological polar surface area (TPSA) is 83.5 Å². The molecular weight excluding hydrogens is 467 g/mol. The first-order valence-electron chi connectivity index (χ1n) is 10.2. The second-order valence-corrected chi connectivity index (χ2v) is 11.0. The summed E-state index contributed by atoms with van der Waals surface area (Å²) in [5.41, 5.74) is -0.394. The number of fused-ring (bicyclic) bond motifs is 2. The smallest absolute Gasteiger partial charge is 0.255 e. The third-order valence-electron chi connectivity index (χ3n) is 6.64. The lowest BCUT2D eigenvalue weighted by Crippen LogP contribution is -2.36. The van der Waals surface area contributed by atoms with Gasteiger partial charge in [0.05, 0.1) is 15.2 Å². The molecule has 1 unspecified atom stereocenters. The van der Waals surface area contributed by atoms with Crippen LogP contribution in [-0.2, 0) is 9.84 Å². The SMILES string of the molecule is O=C(Nc1cc(F)c(F)c(F)c1)c1ccc(Cl)c(S(=O)(=O)[C@H]2CC3CC[C@@H](C2)[C@H]3CO)c1. The van der Waals surface area contributed by atoms with E-state index in [1.165, 1.54) is 12.1 Å². The molecule has 4 atom stereocenters. The Hall–Kier alpha value is -2.10. The molecule has 172 valence electrons. The molecular formula is C22H21ClF3NO4S. The lowest BCUT2D eigenvalue weighted by Gasteiger charge is -2.34. The molecule has 2 aliphatic carbocycles. The van der Waals surface area contributed by atoms with Gasteiger partial charge in [-0.05, 0) is 61.6 Å². The largest absolute Gasteiger partial charge is 0.396 e. The highest BCUT2D eigenvalue weighted by atomic mass is 35.5. The summed E-state index contributed by atoms with van der Waals surface area (Å²) in [5.74, 6) is -5.04. The summed E-state index contributed by atoms with van der Waals surface area (Å²) < 4.78 is 66.7. The van der Waals surface area contributed by atoms with Crippen LogP contribution < -0.4 is 5.32 Å². The number of anilines is 1. The van der Waals surface area contributed by atoms with Crippen LogP contribution in [0.2, 0.25) is 5.02 Å². The lowest BCUT2D eigenvalue weighted by molar-refractivity contribution is 0.102. The molecule has 0 heterocycles. The van der Waals surface area contributed by atoms with E-state index in [0.29, 0.717) is 25.0 Å². The quantitative estimate of drug-likeness (QED) is 0.605. The summed E-state index contributed by atoms with van der Waals surface area (Å²) in [5, 5.41) is 11.1. The average molecular weight is 488 g/mol. The summed E-state index contributed by atoms with van der Waals surface area (Å²) in [6.45, 7) is 0.0447. The van der Waals surface area contributed by atoms with Crippen LogP contribution in [0.3, 0.4) is 0 Å². The van der Waals surface area contributed by atoms with Crippen LogP contribution in [0.5, 0.6) is 0 Å². The summed E-state index contributed by atoms with van der Waals surface area (Å²) >= 11 is 6.18. The zero-order chi connectivity index (χ0) is 23.2. The van der Waals surface area contributed by atoms with E-state index >= 15 is 0 Å². The molecule has 5 nitrogen and oxygen atoms in total. The monoisotopic (exact) mass is 487 g/mol. The van der Waals surface area contributed by atoms with Crippen molar-refractivity contribution in [1.82, 2.24) is 0 Å². The van der Waals surface area contributed by atoms with Crippen molar-refractivity contribution in [2.45, 2.75) is 35.8 Å². The van der Waals surface area contributed by atoms with E-state index in [1.54, 1.807) is 0 Å². The van der Waals surface area contributed by atoms with E-state index in [1.807, 2.05) is 0 Å². The minimum Gasteiger partial charge on any atom is -0.396 e. The number of aliphatic hydroxyl groups excluding tert-OH is 1. The number of halogens is 4. The molecule has 1 amide bonds. The number of hydrogen-bond donors (Lipinski definition) is 2. The molecule has 2 saturated carbocycles. The van der Waals surface area contributed by atoms with Gasteiger partial charge >= 0.3 is 0 Å². The van der Waals surface area contributed by atoms with Crippen molar-refractivity contribution in [3.8, 4) is 0 Å². The van der Waals surface area contributed by atoms with Crippen LogP contribution >= 0.6 is 11.6 Å². The third kappa shape index (κ3) is 4.13. The number of aliphatic hydroxyl groups is 1. The lowest BCUT2D eigenvalue weighted by atomic mass is 9.79. The molecule has 0 aromatic heterocycles. The van der Waals surface area contributed by atoms with Gasteiger partial charge in [0.2, 0.25) is 0 Å². The molecule has 2 aromatic rings. The number of sulfone groups is 1. The van der Waals surface area contributed by atoms with Gasteiger partial charge in [-0.2, -0.15) is 0 Å². The molecule has 2 bridgehead atoms. The molecule has 10 heteroatoms. The van der Waals surface area contributed by atoms with Gasteiger partial charge in [0.25, 0.3) is 5.91 Å². The van der Waals surface area contributed by atoms with E-state index in [2.05, 4.69) is 5.32 Å². The predicted molar refractivity (Wildman–Crippen MR) is 113 cm³/mol. The molecule has 2 aliphatic rings. The van der Waals surface area contributed by atoms with Gasteiger partial charge in [-0.15, -0.1) is 0 Å². The Labute approximate surface area is 188 Å². The van der Waals surface area contributed by atoms with Crippen LogP contribution in [0, 0.1) is 35.2 Å². The molecule has 0 radical (unpaired) electrons. The molecule has 0 spiro atoms. The number of carbonyl (C=O) groups is 1. The minimum absolute atomic E-state index is 0.0305. The maximum absolute atomic E-state index is 13.4. The van der Waals surface area contributed by atoms with Gasteiger partial charge in [-0.25, -0.2) is 21.6 Å². The summed E-state index contributed by atoms with van der Waals surface area (Å²) in [6, 6.07) is 4.96. The summed E-state index contributed by atoms with van der Waals surface area (Å²) in [7, 11) is -3.86. The van der Waals surface area contributed by atoms with Gasteiger partial charge in [0, 0.05) is 30.0 Å². The van der Waals surface area contributed by atoms with E-state index in [-0.39, 0.29) is 45.5 Å². The molecule has 0 saturated heterocycles. The van der Waals surface area contributed by atoms with Crippen molar-refractivity contribution >= 4 is 33.0 Å². The van der Waals surface area contributed by atoms with Gasteiger partial charge in [-0.3, -0.25) is 4.79 Å². The maximum Gasteiger partial charge on any atom is 0.255 e. The third-order valence-corrected chi connectivity index (χ3v) is 9.30. The van der Waals surface area contributed by atoms with E-state index in [9.17, 15) is 31.5 Å². The number of rotatable bonds is 5. The number of hydrogen-bond acceptors (Lipinski definition) is 4. The first kappa shape index (κ1) is 23.1. The molecule has 32 heavy (non-hydrogen) atoms. The first-order chi connectivity index (χ1) is 15.1. The Bertz CT molecular complexity index is 1140. The van der Waals surface area contributed by atoms with Crippen molar-refractivity contribution < 1.29 is 31.5 Å². The van der Waals surface area contributed by atoms with Crippen LogP contribution in [0.1, 0.15) is 36.0 Å². The minimum atomic E-state index is -3.86. The number of benzene rings is 2. The van der Waals surface area contributed by atoms with Crippen molar-refractivity contribution in [3.63, 3.8) is 0 Å². The Balaban J connectivity index is 1.59. The molecule has 2 fully saturated rings. The van der Waals surface area contributed by atoms with Crippen LogP contribution in [0.25, 0.3) is 0 Å². The molecule has 2 aromatic carbocycles. The fraction of sp³-hybridized carbons (Fsp3) is 0.409. The maximum atomic E-state index is 13.4.